The zero-order valence-corrected chi connectivity index (χ0v) is 13.0. The van der Waals surface area contributed by atoms with Crippen LogP contribution < -0.4 is 0 Å². The van der Waals surface area contributed by atoms with Crippen LogP contribution in [0.5, 0.6) is 0 Å². The van der Waals surface area contributed by atoms with Gasteiger partial charge in [-0.3, -0.25) is 10.1 Å². The summed E-state index contributed by atoms with van der Waals surface area (Å²) in [6.07, 6.45) is 0.593. The van der Waals surface area contributed by atoms with Gasteiger partial charge in [0.25, 0.3) is 5.69 Å². The van der Waals surface area contributed by atoms with E-state index >= 15 is 0 Å². The minimum atomic E-state index is -0.445. The first-order valence-electron chi connectivity index (χ1n) is 6.53. The molecule has 0 atom stereocenters. The van der Waals surface area contributed by atoms with Gasteiger partial charge in [0.15, 0.2) is 5.58 Å². The molecule has 112 valence electrons. The van der Waals surface area contributed by atoms with Gasteiger partial charge in [-0.2, -0.15) is 0 Å². The average molecular weight is 337 g/mol. The third-order valence-electron chi connectivity index (χ3n) is 3.30. The van der Waals surface area contributed by atoms with Crippen LogP contribution in [-0.2, 0) is 6.42 Å². The van der Waals surface area contributed by atoms with Crippen LogP contribution in [0, 0.1) is 10.1 Å². The number of hydrogen-bond donors (Lipinski definition) is 0. The van der Waals surface area contributed by atoms with E-state index in [-0.39, 0.29) is 11.6 Å². The average Bonchev–Trinajstić information content (AvgIpc) is 2.92. The normalized spacial score (nSPS) is 11.0. The molecule has 0 bridgehead atoms. The number of nitro benzene ring substituents is 1. The van der Waals surface area contributed by atoms with Crippen LogP contribution in [-0.4, -0.2) is 9.91 Å². The Morgan fingerprint density at radius 2 is 2.05 bits per heavy atom. The molecule has 2 aromatic carbocycles. The summed E-state index contributed by atoms with van der Waals surface area (Å²) in [5.74, 6) is 0.290. The molecule has 0 amide bonds. The topological polar surface area (TPSA) is 69.2 Å². The van der Waals surface area contributed by atoms with Gasteiger partial charge in [0.2, 0.25) is 5.89 Å². The fraction of sp³-hybridized carbons (Fsp3) is 0.133. The third kappa shape index (κ3) is 2.53. The van der Waals surface area contributed by atoms with E-state index in [1.165, 1.54) is 12.1 Å². The highest BCUT2D eigenvalue weighted by atomic mass is 35.5. The Morgan fingerprint density at radius 1 is 1.27 bits per heavy atom. The Bertz CT molecular complexity index is 890. The second-order valence-corrected chi connectivity index (χ2v) is 5.55. The highest BCUT2D eigenvalue weighted by Gasteiger charge is 2.18. The number of nitro groups is 1. The number of nitrogens with zero attached hydrogens (tertiary/aromatic N) is 2. The van der Waals surface area contributed by atoms with Crippen LogP contribution in [0.4, 0.5) is 5.69 Å². The standard InChI is InChI=1S/C15H10Cl2N2O3/c1-2-8-5-10(19(20)21)7-13-14(8)22-15(18-13)11-6-9(16)3-4-12(11)17/h3-7H,2H2,1H3. The maximum absolute atomic E-state index is 11.0. The minimum Gasteiger partial charge on any atom is -0.436 e. The van der Waals surface area contributed by atoms with E-state index in [1.54, 1.807) is 18.2 Å². The van der Waals surface area contributed by atoms with Gasteiger partial charge in [-0.15, -0.1) is 0 Å². The van der Waals surface area contributed by atoms with Gasteiger partial charge >= 0.3 is 0 Å². The molecule has 1 heterocycles. The fourth-order valence-electron chi connectivity index (χ4n) is 2.23. The van der Waals surface area contributed by atoms with Crippen LogP contribution in [0.1, 0.15) is 12.5 Å². The molecule has 0 saturated heterocycles. The Hall–Kier alpha value is -2.11. The van der Waals surface area contributed by atoms with Gasteiger partial charge in [-0.05, 0) is 24.6 Å². The quantitative estimate of drug-likeness (QED) is 0.482. The van der Waals surface area contributed by atoms with Gasteiger partial charge in [0.1, 0.15) is 5.52 Å². The smallest absolute Gasteiger partial charge is 0.272 e. The van der Waals surface area contributed by atoms with E-state index in [4.69, 9.17) is 27.6 Å². The number of oxazole rings is 1. The molecular weight excluding hydrogens is 327 g/mol. The number of aromatic nitrogens is 1. The first-order chi connectivity index (χ1) is 10.5. The zero-order valence-electron chi connectivity index (χ0n) is 11.5. The molecule has 22 heavy (non-hydrogen) atoms. The molecule has 3 aromatic rings. The van der Waals surface area contributed by atoms with Crippen LogP contribution in [0.15, 0.2) is 34.7 Å². The van der Waals surface area contributed by atoms with E-state index in [9.17, 15) is 10.1 Å². The van der Waals surface area contributed by atoms with Crippen molar-refractivity contribution >= 4 is 40.0 Å². The molecule has 1 aromatic heterocycles. The van der Waals surface area contributed by atoms with Gasteiger partial charge in [0, 0.05) is 22.7 Å². The molecule has 0 aliphatic carbocycles. The fourth-order valence-corrected chi connectivity index (χ4v) is 2.60. The highest BCUT2D eigenvalue weighted by molar-refractivity contribution is 6.35. The first kappa shape index (κ1) is 14.8. The Kier molecular flexibility index (Phi) is 3.76. The van der Waals surface area contributed by atoms with Crippen molar-refractivity contribution in [1.29, 1.82) is 0 Å². The lowest BCUT2D eigenvalue weighted by molar-refractivity contribution is -0.384. The number of non-ortho nitro benzene ring substituents is 1. The van der Waals surface area contributed by atoms with Crippen LogP contribution >= 0.6 is 23.2 Å². The van der Waals surface area contributed by atoms with E-state index in [1.807, 2.05) is 6.92 Å². The number of benzene rings is 2. The van der Waals surface area contributed by atoms with E-state index < -0.39 is 4.92 Å². The second kappa shape index (κ2) is 5.59. The van der Waals surface area contributed by atoms with Crippen molar-refractivity contribution in [2.75, 3.05) is 0 Å². The minimum absolute atomic E-state index is 0.0126. The van der Waals surface area contributed by atoms with Crippen molar-refractivity contribution < 1.29 is 9.34 Å². The molecule has 7 heteroatoms. The van der Waals surface area contributed by atoms with Gasteiger partial charge in [0.05, 0.1) is 15.5 Å². The molecule has 0 aliphatic rings. The zero-order chi connectivity index (χ0) is 15.9. The van der Waals surface area contributed by atoms with Crippen molar-refractivity contribution in [2.45, 2.75) is 13.3 Å². The molecular formula is C15H10Cl2N2O3. The Labute approximate surface area is 135 Å². The van der Waals surface area contributed by atoms with Crippen LogP contribution in [0.25, 0.3) is 22.6 Å². The van der Waals surface area contributed by atoms with Gasteiger partial charge < -0.3 is 4.42 Å². The number of fused-ring (bicyclic) bond motifs is 1. The monoisotopic (exact) mass is 336 g/mol. The van der Waals surface area contributed by atoms with Crippen molar-refractivity contribution in [3.05, 3.63) is 56.1 Å². The summed E-state index contributed by atoms with van der Waals surface area (Å²) in [6, 6.07) is 7.85. The van der Waals surface area contributed by atoms with Crippen LogP contribution in [0.3, 0.4) is 0 Å². The molecule has 0 saturated carbocycles. The molecule has 3 rings (SSSR count). The second-order valence-electron chi connectivity index (χ2n) is 4.71. The summed E-state index contributed by atoms with van der Waals surface area (Å²) in [4.78, 5) is 14.9. The summed E-state index contributed by atoms with van der Waals surface area (Å²) in [5, 5.41) is 11.9. The van der Waals surface area contributed by atoms with Crippen molar-refractivity contribution in [1.82, 2.24) is 4.98 Å². The summed E-state index contributed by atoms with van der Waals surface area (Å²) in [6.45, 7) is 1.90. The molecule has 0 N–H and O–H groups in total. The van der Waals surface area contributed by atoms with E-state index in [2.05, 4.69) is 4.98 Å². The predicted octanol–water partition coefficient (Wildman–Crippen LogP) is 5.27. The SMILES string of the molecule is CCc1cc([N+](=O)[O-])cc2nc(-c3cc(Cl)ccc3Cl)oc12. The summed E-state index contributed by atoms with van der Waals surface area (Å²) < 4.78 is 5.77. The van der Waals surface area contributed by atoms with E-state index in [0.29, 0.717) is 33.1 Å². The Balaban J connectivity index is 2.25. The van der Waals surface area contributed by atoms with Crippen LogP contribution in [0.2, 0.25) is 10.0 Å². The molecule has 0 unspecified atom stereocenters. The predicted molar refractivity (Wildman–Crippen MR) is 85.5 cm³/mol. The number of halogens is 2. The van der Waals surface area contributed by atoms with Gasteiger partial charge in [-0.25, -0.2) is 4.98 Å². The summed E-state index contributed by atoms with van der Waals surface area (Å²) in [7, 11) is 0. The van der Waals surface area contributed by atoms with Crippen molar-refractivity contribution in [3.8, 4) is 11.5 Å². The highest BCUT2D eigenvalue weighted by Crippen LogP contribution is 2.34. The summed E-state index contributed by atoms with van der Waals surface area (Å²) >= 11 is 12.1. The Morgan fingerprint density at radius 3 is 2.73 bits per heavy atom. The molecule has 0 fully saturated rings. The van der Waals surface area contributed by atoms with Gasteiger partial charge in [-0.1, -0.05) is 30.1 Å². The lowest BCUT2D eigenvalue weighted by Crippen LogP contribution is -1.90. The van der Waals surface area contributed by atoms with Crippen molar-refractivity contribution in [2.24, 2.45) is 0 Å². The lowest BCUT2D eigenvalue weighted by atomic mass is 10.1. The number of hydrogen-bond acceptors (Lipinski definition) is 4. The third-order valence-corrected chi connectivity index (χ3v) is 3.87. The molecule has 0 spiro atoms. The number of aryl methyl sites for hydroxylation is 1. The first-order valence-corrected chi connectivity index (χ1v) is 7.28. The molecule has 5 nitrogen and oxygen atoms in total. The maximum atomic E-state index is 11.0. The molecule has 0 radical (unpaired) electrons. The van der Waals surface area contributed by atoms with E-state index in [0.717, 1.165) is 5.56 Å². The largest absolute Gasteiger partial charge is 0.436 e. The molecule has 0 aliphatic heterocycles. The lowest BCUT2D eigenvalue weighted by Gasteiger charge is -2.00. The number of rotatable bonds is 3. The summed E-state index contributed by atoms with van der Waals surface area (Å²) in [5.41, 5.74) is 2.22. The van der Waals surface area contributed by atoms with Crippen molar-refractivity contribution in [3.63, 3.8) is 0 Å². The maximum Gasteiger partial charge on any atom is 0.272 e.